The van der Waals surface area contributed by atoms with Gasteiger partial charge in [-0.15, -0.1) is 0 Å². The van der Waals surface area contributed by atoms with Crippen molar-refractivity contribution in [2.24, 2.45) is 0 Å². The lowest BCUT2D eigenvalue weighted by atomic mass is 9.96. The molecule has 0 bridgehead atoms. The first-order valence-corrected chi connectivity index (χ1v) is 5.46. The van der Waals surface area contributed by atoms with Gasteiger partial charge in [-0.05, 0) is 33.3 Å². The normalized spacial score (nSPS) is 24.2. The number of hydrogen-bond donors (Lipinski definition) is 0. The van der Waals surface area contributed by atoms with Crippen LogP contribution in [0.5, 0.6) is 0 Å². The van der Waals surface area contributed by atoms with Crippen LogP contribution < -0.4 is 0 Å². The molecule has 0 fully saturated rings. The van der Waals surface area contributed by atoms with Crippen LogP contribution in [0, 0.1) is 0 Å². The summed E-state index contributed by atoms with van der Waals surface area (Å²) in [5.41, 5.74) is -0.359. The Bertz CT molecular complexity index is 369. The molecule has 1 unspecified atom stereocenters. The zero-order valence-corrected chi connectivity index (χ0v) is 10.8. The van der Waals surface area contributed by atoms with E-state index >= 15 is 0 Å². The minimum absolute atomic E-state index is 0.0256. The number of rotatable bonds is 4. The van der Waals surface area contributed by atoms with Crippen molar-refractivity contribution in [2.45, 2.75) is 39.4 Å². The Morgan fingerprint density at radius 2 is 2.06 bits per heavy atom. The molecule has 0 radical (unpaired) electrons. The Hall–Kier alpha value is -1.36. The lowest BCUT2D eigenvalue weighted by Gasteiger charge is -2.25. The van der Waals surface area contributed by atoms with Gasteiger partial charge in [-0.3, -0.25) is 0 Å². The summed E-state index contributed by atoms with van der Waals surface area (Å²) in [7, 11) is 1.23. The first-order valence-electron chi connectivity index (χ1n) is 5.46. The van der Waals surface area contributed by atoms with Crippen LogP contribution in [-0.4, -0.2) is 37.4 Å². The number of carbonyl (C=O) groups is 2. The van der Waals surface area contributed by atoms with E-state index in [0.29, 0.717) is 5.57 Å². The molecule has 0 N–H and O–H groups in total. The molecular formula is C12H18O5. The molecule has 96 valence electrons. The van der Waals surface area contributed by atoms with Gasteiger partial charge in [0.25, 0.3) is 0 Å². The average Bonchev–Trinajstić information content (AvgIpc) is 2.47. The van der Waals surface area contributed by atoms with E-state index in [1.165, 1.54) is 7.11 Å². The zero-order valence-electron chi connectivity index (χ0n) is 10.8. The Labute approximate surface area is 101 Å². The Morgan fingerprint density at radius 3 is 2.53 bits per heavy atom. The fraction of sp³-hybridized carbons (Fsp3) is 0.667. The summed E-state index contributed by atoms with van der Waals surface area (Å²) in [6.45, 7) is 7.41. The molecule has 17 heavy (non-hydrogen) atoms. The quantitative estimate of drug-likeness (QED) is 0.548. The van der Waals surface area contributed by atoms with Crippen molar-refractivity contribution in [1.29, 1.82) is 0 Å². The van der Waals surface area contributed by atoms with E-state index < -0.39 is 17.5 Å². The van der Waals surface area contributed by atoms with Gasteiger partial charge in [0, 0.05) is 0 Å². The first-order chi connectivity index (χ1) is 7.81. The van der Waals surface area contributed by atoms with Crippen LogP contribution >= 0.6 is 0 Å². The lowest BCUT2D eigenvalue weighted by molar-refractivity contribution is -0.153. The third kappa shape index (κ3) is 2.66. The molecule has 1 atom stereocenters. The summed E-state index contributed by atoms with van der Waals surface area (Å²) >= 11 is 0. The molecule has 5 nitrogen and oxygen atoms in total. The maximum atomic E-state index is 11.6. The number of methoxy groups -OCH3 is 1. The van der Waals surface area contributed by atoms with Gasteiger partial charge < -0.3 is 14.2 Å². The van der Waals surface area contributed by atoms with E-state index in [1.54, 1.807) is 13.8 Å². The number of esters is 2. The van der Waals surface area contributed by atoms with Crippen LogP contribution in [0.25, 0.3) is 0 Å². The summed E-state index contributed by atoms with van der Waals surface area (Å²) in [4.78, 5) is 23.0. The molecule has 0 amide bonds. The number of ether oxygens (including phenoxy) is 3. The molecule has 1 aliphatic rings. The SMILES string of the molecule is COC(=O)C1=C(C)C(C)(COC(C)C)OC1=O. The van der Waals surface area contributed by atoms with Gasteiger partial charge in [-0.1, -0.05) is 0 Å². The molecule has 0 spiro atoms. The summed E-state index contributed by atoms with van der Waals surface area (Å²) in [6.07, 6.45) is 0.0282. The van der Waals surface area contributed by atoms with Crippen LogP contribution in [0.2, 0.25) is 0 Å². The second kappa shape index (κ2) is 4.87. The topological polar surface area (TPSA) is 61.8 Å². The highest BCUT2D eigenvalue weighted by Crippen LogP contribution is 2.33. The molecule has 0 aromatic heterocycles. The minimum atomic E-state index is -0.884. The first kappa shape index (κ1) is 13.7. The monoisotopic (exact) mass is 242 g/mol. The van der Waals surface area contributed by atoms with Crippen molar-refractivity contribution >= 4 is 11.9 Å². The van der Waals surface area contributed by atoms with E-state index in [4.69, 9.17) is 9.47 Å². The molecule has 5 heteroatoms. The third-order valence-corrected chi connectivity index (χ3v) is 2.77. The van der Waals surface area contributed by atoms with Crippen LogP contribution in [0.15, 0.2) is 11.1 Å². The molecule has 1 aliphatic heterocycles. The summed E-state index contributed by atoms with van der Waals surface area (Å²) in [5, 5.41) is 0. The van der Waals surface area contributed by atoms with Gasteiger partial charge in [0.15, 0.2) is 5.60 Å². The molecule has 0 aromatic rings. The Kier molecular flexibility index (Phi) is 3.93. The van der Waals surface area contributed by atoms with E-state index in [2.05, 4.69) is 4.74 Å². The van der Waals surface area contributed by atoms with Gasteiger partial charge in [0.05, 0.1) is 19.8 Å². The third-order valence-electron chi connectivity index (χ3n) is 2.77. The van der Waals surface area contributed by atoms with E-state index in [0.717, 1.165) is 0 Å². The summed E-state index contributed by atoms with van der Waals surface area (Å²) in [6, 6.07) is 0. The van der Waals surface area contributed by atoms with Crippen molar-refractivity contribution in [3.8, 4) is 0 Å². The average molecular weight is 242 g/mol. The Morgan fingerprint density at radius 1 is 1.47 bits per heavy atom. The molecule has 0 aromatic carbocycles. The van der Waals surface area contributed by atoms with Gasteiger partial charge in [-0.25, -0.2) is 9.59 Å². The highest BCUT2D eigenvalue weighted by Gasteiger charge is 2.45. The largest absolute Gasteiger partial charge is 0.465 e. The zero-order chi connectivity index (χ0) is 13.2. The number of hydrogen-bond acceptors (Lipinski definition) is 5. The van der Waals surface area contributed by atoms with Crippen LogP contribution in [-0.2, 0) is 23.8 Å². The van der Waals surface area contributed by atoms with Gasteiger partial charge >= 0.3 is 11.9 Å². The van der Waals surface area contributed by atoms with Crippen LogP contribution in [0.3, 0.4) is 0 Å². The van der Waals surface area contributed by atoms with Crippen molar-refractivity contribution in [3.05, 3.63) is 11.1 Å². The predicted octanol–water partition coefficient (Wildman–Crippen LogP) is 1.22. The van der Waals surface area contributed by atoms with Crippen LogP contribution in [0.4, 0.5) is 0 Å². The van der Waals surface area contributed by atoms with Gasteiger partial charge in [-0.2, -0.15) is 0 Å². The second-order valence-corrected chi connectivity index (χ2v) is 4.47. The number of cyclic esters (lactones) is 1. The maximum absolute atomic E-state index is 11.6. The molecule has 0 aliphatic carbocycles. The molecule has 1 heterocycles. The smallest absolute Gasteiger partial charge is 0.346 e. The van der Waals surface area contributed by atoms with Crippen LogP contribution in [0.1, 0.15) is 27.7 Å². The highest BCUT2D eigenvalue weighted by atomic mass is 16.6. The van der Waals surface area contributed by atoms with Crippen molar-refractivity contribution in [1.82, 2.24) is 0 Å². The van der Waals surface area contributed by atoms with E-state index in [1.807, 2.05) is 13.8 Å². The molecule has 0 saturated carbocycles. The predicted molar refractivity (Wildman–Crippen MR) is 60.3 cm³/mol. The maximum Gasteiger partial charge on any atom is 0.346 e. The second-order valence-electron chi connectivity index (χ2n) is 4.47. The minimum Gasteiger partial charge on any atom is -0.465 e. The summed E-state index contributed by atoms with van der Waals surface area (Å²) in [5.74, 6) is -1.31. The molecular weight excluding hydrogens is 224 g/mol. The molecule has 1 rings (SSSR count). The van der Waals surface area contributed by atoms with Crippen molar-refractivity contribution in [3.63, 3.8) is 0 Å². The van der Waals surface area contributed by atoms with Crippen molar-refractivity contribution in [2.75, 3.05) is 13.7 Å². The van der Waals surface area contributed by atoms with Gasteiger partial charge in [0.2, 0.25) is 0 Å². The highest BCUT2D eigenvalue weighted by molar-refractivity contribution is 6.16. The fourth-order valence-electron chi connectivity index (χ4n) is 1.55. The summed E-state index contributed by atoms with van der Waals surface area (Å²) < 4.78 is 15.2. The molecule has 0 saturated heterocycles. The standard InChI is InChI=1S/C12H18O5/c1-7(2)16-6-12(4)8(3)9(10(13)15-5)11(14)17-12/h7H,6H2,1-5H3. The van der Waals surface area contributed by atoms with E-state index in [9.17, 15) is 9.59 Å². The fourth-order valence-corrected chi connectivity index (χ4v) is 1.55. The van der Waals surface area contributed by atoms with E-state index in [-0.39, 0.29) is 18.3 Å². The van der Waals surface area contributed by atoms with Crippen molar-refractivity contribution < 1.29 is 23.8 Å². The lowest BCUT2D eigenvalue weighted by Crippen LogP contribution is -2.34. The van der Waals surface area contributed by atoms with Gasteiger partial charge in [0.1, 0.15) is 5.57 Å². The number of carbonyl (C=O) groups excluding carboxylic acids is 2. The Balaban J connectivity index is 2.95.